The van der Waals surface area contributed by atoms with Crippen LogP contribution in [0.5, 0.6) is 0 Å². The molecule has 142 valence electrons. The van der Waals surface area contributed by atoms with E-state index in [0.717, 1.165) is 24.3 Å². The molecule has 0 N–H and O–H groups in total. The quantitative estimate of drug-likeness (QED) is 0.565. The van der Waals surface area contributed by atoms with Crippen molar-refractivity contribution in [1.29, 1.82) is 0 Å². The first-order valence-corrected chi connectivity index (χ1v) is 8.14. The summed E-state index contributed by atoms with van der Waals surface area (Å²) in [5.41, 5.74) is -0.561. The first kappa shape index (κ1) is 17.5. The van der Waals surface area contributed by atoms with Crippen molar-refractivity contribution in [2.75, 3.05) is 0 Å². The summed E-state index contributed by atoms with van der Waals surface area (Å²) < 4.78 is 0. The molecule has 0 radical (unpaired) electrons. The molecule has 0 fully saturated rings. The van der Waals surface area contributed by atoms with Gasteiger partial charge in [0.1, 0.15) is 0 Å². The predicted octanol–water partition coefficient (Wildman–Crippen LogP) is 3.69. The molecule has 2 aromatic carbocycles. The number of nitro groups is 4. The van der Waals surface area contributed by atoms with Gasteiger partial charge in [0.05, 0.1) is 19.7 Å². The molecule has 0 atom stereocenters. The maximum Gasteiger partial charge on any atom is 0.346 e. The molecule has 0 amide bonds. The third-order valence-corrected chi connectivity index (χ3v) is 5.39. The van der Waals surface area contributed by atoms with Gasteiger partial charge in [0, 0.05) is 36.1 Å². The standard InChI is InChI=1S/C16H10N4O8/c21-17(22)13-3-9-7-1-2-8(11(9)5-15(13)19(25)26)12-6-16(20(27)28)14(18(23)24)4-10(7)12/h3-8H,1-2H2. The SMILES string of the molecule is O=[N+]([O-])c1cc2c(cc1[N+](=O)[O-])C1CCC2c2cc([N+](=O)[O-])c([N+](=O)[O-])cc21. The van der Waals surface area contributed by atoms with Gasteiger partial charge in [-0.15, -0.1) is 0 Å². The second-order valence-corrected chi connectivity index (χ2v) is 6.65. The van der Waals surface area contributed by atoms with Gasteiger partial charge < -0.3 is 0 Å². The van der Waals surface area contributed by atoms with Gasteiger partial charge in [-0.2, -0.15) is 0 Å². The maximum atomic E-state index is 11.3. The molecule has 5 rings (SSSR count). The molecular formula is C16H10N4O8. The van der Waals surface area contributed by atoms with Gasteiger partial charge >= 0.3 is 22.7 Å². The van der Waals surface area contributed by atoms with E-state index in [1.54, 1.807) is 0 Å². The van der Waals surface area contributed by atoms with Crippen LogP contribution in [-0.2, 0) is 0 Å². The summed E-state index contributed by atoms with van der Waals surface area (Å²) in [5.74, 6) is -0.900. The van der Waals surface area contributed by atoms with Crippen LogP contribution in [0.2, 0.25) is 0 Å². The van der Waals surface area contributed by atoms with E-state index in [9.17, 15) is 40.5 Å². The van der Waals surface area contributed by atoms with Crippen molar-refractivity contribution >= 4 is 22.7 Å². The van der Waals surface area contributed by atoms with Crippen molar-refractivity contribution in [1.82, 2.24) is 0 Å². The second-order valence-electron chi connectivity index (χ2n) is 6.65. The fourth-order valence-electron chi connectivity index (χ4n) is 4.30. The lowest BCUT2D eigenvalue weighted by atomic mass is 9.63. The average molecular weight is 386 g/mol. The molecule has 0 spiro atoms. The van der Waals surface area contributed by atoms with Crippen molar-refractivity contribution in [3.8, 4) is 0 Å². The monoisotopic (exact) mass is 386 g/mol. The molecule has 3 aliphatic rings. The molecule has 2 aromatic rings. The van der Waals surface area contributed by atoms with E-state index in [2.05, 4.69) is 0 Å². The van der Waals surface area contributed by atoms with Crippen LogP contribution in [0.3, 0.4) is 0 Å². The Morgan fingerprint density at radius 3 is 0.929 bits per heavy atom. The van der Waals surface area contributed by atoms with Crippen LogP contribution in [0.25, 0.3) is 0 Å². The lowest BCUT2D eigenvalue weighted by Gasteiger charge is -2.39. The Bertz CT molecular complexity index is 943. The lowest BCUT2D eigenvalue weighted by molar-refractivity contribution is -0.422. The molecule has 12 nitrogen and oxygen atoms in total. The number of hydrogen-bond donors (Lipinski definition) is 0. The Kier molecular flexibility index (Phi) is 3.60. The number of hydrogen-bond acceptors (Lipinski definition) is 8. The van der Waals surface area contributed by atoms with E-state index in [-0.39, 0.29) is 0 Å². The minimum atomic E-state index is -0.833. The molecule has 12 heteroatoms. The van der Waals surface area contributed by atoms with E-state index in [1.165, 1.54) is 0 Å². The highest BCUT2D eigenvalue weighted by Gasteiger charge is 2.43. The first-order chi connectivity index (χ1) is 13.2. The lowest BCUT2D eigenvalue weighted by Crippen LogP contribution is -2.25. The molecule has 0 saturated carbocycles. The van der Waals surface area contributed by atoms with Crippen LogP contribution in [0.4, 0.5) is 22.7 Å². The normalized spacial score (nSPS) is 18.9. The van der Waals surface area contributed by atoms with Crippen LogP contribution in [-0.4, -0.2) is 19.7 Å². The molecule has 28 heavy (non-hydrogen) atoms. The summed E-state index contributed by atoms with van der Waals surface area (Å²) in [5, 5.41) is 45.1. The Morgan fingerprint density at radius 1 is 0.536 bits per heavy atom. The summed E-state index contributed by atoms with van der Waals surface area (Å²) in [4.78, 5) is 41.7. The van der Waals surface area contributed by atoms with E-state index < -0.39 is 54.3 Å². The summed E-state index contributed by atoms with van der Waals surface area (Å²) in [6, 6.07) is 4.61. The number of fused-ring (bicyclic) bond motifs is 1. The van der Waals surface area contributed by atoms with Gasteiger partial charge in [0.25, 0.3) is 0 Å². The van der Waals surface area contributed by atoms with Crippen molar-refractivity contribution in [3.05, 3.63) is 87.0 Å². The molecule has 0 unspecified atom stereocenters. The van der Waals surface area contributed by atoms with E-state index >= 15 is 0 Å². The third kappa shape index (κ3) is 2.31. The molecule has 2 bridgehead atoms. The van der Waals surface area contributed by atoms with Gasteiger partial charge in [0.2, 0.25) is 0 Å². The first-order valence-electron chi connectivity index (χ1n) is 8.14. The van der Waals surface area contributed by atoms with Crippen LogP contribution in [0.15, 0.2) is 24.3 Å². The van der Waals surface area contributed by atoms with Crippen molar-refractivity contribution in [3.63, 3.8) is 0 Å². The highest BCUT2D eigenvalue weighted by atomic mass is 16.6. The summed E-state index contributed by atoms with van der Waals surface area (Å²) >= 11 is 0. The Morgan fingerprint density at radius 2 is 0.750 bits per heavy atom. The van der Waals surface area contributed by atoms with Crippen LogP contribution < -0.4 is 0 Å². The third-order valence-electron chi connectivity index (χ3n) is 5.39. The smallest absolute Gasteiger partial charge is 0.258 e. The number of nitrogens with zero attached hydrogens (tertiary/aromatic N) is 4. The molecular weight excluding hydrogens is 376 g/mol. The van der Waals surface area contributed by atoms with Crippen molar-refractivity contribution in [2.45, 2.75) is 24.7 Å². The fourth-order valence-corrected chi connectivity index (χ4v) is 4.30. The average Bonchev–Trinajstić information content (AvgIpc) is 2.65. The van der Waals surface area contributed by atoms with Gasteiger partial charge in [-0.05, 0) is 35.1 Å². The largest absolute Gasteiger partial charge is 0.346 e. The zero-order valence-electron chi connectivity index (χ0n) is 13.9. The summed E-state index contributed by atoms with van der Waals surface area (Å²) in [7, 11) is 0. The minimum absolute atomic E-state index is 0.450. The number of benzene rings is 2. The van der Waals surface area contributed by atoms with Gasteiger partial charge in [-0.1, -0.05) is 0 Å². The van der Waals surface area contributed by atoms with Crippen LogP contribution >= 0.6 is 0 Å². The molecule has 3 aliphatic carbocycles. The second kappa shape index (κ2) is 5.77. The molecule has 0 heterocycles. The predicted molar refractivity (Wildman–Crippen MR) is 92.4 cm³/mol. The highest BCUT2D eigenvalue weighted by Crippen LogP contribution is 2.56. The minimum Gasteiger partial charge on any atom is -0.258 e. The Labute approximate surface area is 155 Å². The van der Waals surface area contributed by atoms with E-state index in [0.29, 0.717) is 35.1 Å². The summed E-state index contributed by atoms with van der Waals surface area (Å²) in [6.45, 7) is 0. The maximum absolute atomic E-state index is 11.3. The number of rotatable bonds is 4. The molecule has 0 saturated heterocycles. The van der Waals surface area contributed by atoms with Crippen LogP contribution in [0.1, 0.15) is 46.9 Å². The topological polar surface area (TPSA) is 173 Å². The number of nitro benzene ring substituents is 4. The van der Waals surface area contributed by atoms with Gasteiger partial charge in [0.15, 0.2) is 0 Å². The Hall–Kier alpha value is -3.96. The zero-order valence-corrected chi connectivity index (χ0v) is 13.9. The van der Waals surface area contributed by atoms with E-state index in [4.69, 9.17) is 0 Å². The van der Waals surface area contributed by atoms with Crippen molar-refractivity contribution in [2.24, 2.45) is 0 Å². The molecule has 0 aliphatic heterocycles. The highest BCUT2D eigenvalue weighted by molar-refractivity contribution is 5.68. The van der Waals surface area contributed by atoms with Crippen molar-refractivity contribution < 1.29 is 19.7 Å². The fraction of sp³-hybridized carbons (Fsp3) is 0.250. The Balaban J connectivity index is 1.98. The summed E-state index contributed by atoms with van der Waals surface area (Å²) in [6.07, 6.45) is 1.07. The van der Waals surface area contributed by atoms with Gasteiger partial charge in [-0.25, -0.2) is 0 Å². The molecule has 0 aromatic heterocycles. The van der Waals surface area contributed by atoms with Crippen LogP contribution in [0, 0.1) is 40.5 Å². The van der Waals surface area contributed by atoms with Gasteiger partial charge in [-0.3, -0.25) is 40.5 Å². The zero-order chi connectivity index (χ0) is 20.3. The van der Waals surface area contributed by atoms with E-state index in [1.807, 2.05) is 0 Å².